The van der Waals surface area contributed by atoms with Crippen LogP contribution < -0.4 is 5.32 Å². The smallest absolute Gasteiger partial charge is 0.337 e. The summed E-state index contributed by atoms with van der Waals surface area (Å²) in [4.78, 5) is 26.1. The molecule has 0 radical (unpaired) electrons. The Bertz CT molecular complexity index is 643. The molecular weight excluding hydrogens is 294 g/mol. The number of methoxy groups -OCH3 is 1. The molecule has 21 heavy (non-hydrogen) atoms. The van der Waals surface area contributed by atoms with Crippen LogP contribution in [0.15, 0.2) is 29.8 Å². The summed E-state index contributed by atoms with van der Waals surface area (Å²) in [5, 5.41) is 16.8. The Morgan fingerprint density at radius 1 is 1.52 bits per heavy atom. The largest absolute Gasteiger partial charge is 0.465 e. The number of hydrogen-bond donors (Lipinski definition) is 1. The van der Waals surface area contributed by atoms with E-state index in [0.29, 0.717) is 18.7 Å². The maximum absolute atomic E-state index is 11.5. The summed E-state index contributed by atoms with van der Waals surface area (Å²) in [6.07, 6.45) is 2.36. The fourth-order valence-electron chi connectivity index (χ4n) is 1.76. The van der Waals surface area contributed by atoms with E-state index in [9.17, 15) is 14.9 Å². The van der Waals surface area contributed by atoms with E-state index in [2.05, 4.69) is 15.0 Å². The van der Waals surface area contributed by atoms with Crippen LogP contribution in [0.2, 0.25) is 0 Å². The van der Waals surface area contributed by atoms with Crippen molar-refractivity contribution < 1.29 is 14.5 Å². The van der Waals surface area contributed by atoms with E-state index in [1.165, 1.54) is 36.6 Å². The van der Waals surface area contributed by atoms with Crippen LogP contribution in [0, 0.1) is 10.1 Å². The Balaban J connectivity index is 2.14. The fourth-order valence-corrected chi connectivity index (χ4v) is 2.38. The van der Waals surface area contributed by atoms with Crippen molar-refractivity contribution in [2.75, 3.05) is 19.0 Å². The first-order valence-corrected chi connectivity index (χ1v) is 6.99. The van der Waals surface area contributed by atoms with E-state index >= 15 is 0 Å². The quantitative estimate of drug-likeness (QED) is 0.500. The molecule has 2 rings (SSSR count). The zero-order chi connectivity index (χ0) is 15.2. The number of rotatable bonds is 6. The van der Waals surface area contributed by atoms with Gasteiger partial charge >= 0.3 is 5.97 Å². The van der Waals surface area contributed by atoms with E-state index in [-0.39, 0.29) is 11.3 Å². The zero-order valence-corrected chi connectivity index (χ0v) is 12.1. The van der Waals surface area contributed by atoms with Gasteiger partial charge in [-0.15, -0.1) is 11.3 Å². The molecule has 0 unspecified atom stereocenters. The van der Waals surface area contributed by atoms with Crippen molar-refractivity contribution >= 4 is 28.7 Å². The molecule has 0 saturated heterocycles. The number of nitro groups is 1. The van der Waals surface area contributed by atoms with Crippen molar-refractivity contribution in [3.8, 4) is 0 Å². The van der Waals surface area contributed by atoms with Crippen molar-refractivity contribution in [1.29, 1.82) is 0 Å². The minimum atomic E-state index is -0.534. The lowest BCUT2D eigenvalue weighted by Crippen LogP contribution is -2.09. The molecule has 1 heterocycles. The van der Waals surface area contributed by atoms with Crippen molar-refractivity contribution in [3.63, 3.8) is 0 Å². The summed E-state index contributed by atoms with van der Waals surface area (Å²) in [5.74, 6) is -0.534. The molecule has 1 N–H and O–H groups in total. The molecule has 0 bridgehead atoms. The second kappa shape index (κ2) is 6.80. The Kier molecular flexibility index (Phi) is 4.83. The first-order chi connectivity index (χ1) is 10.1. The summed E-state index contributed by atoms with van der Waals surface area (Å²) in [5.41, 5.74) is 0.473. The van der Waals surface area contributed by atoms with E-state index in [0.717, 1.165) is 5.01 Å². The Hall–Kier alpha value is -2.48. The number of carbonyl (C=O) groups is 1. The number of aromatic nitrogens is 1. The first kappa shape index (κ1) is 14.9. The van der Waals surface area contributed by atoms with Gasteiger partial charge in [0.05, 0.1) is 22.6 Å². The van der Waals surface area contributed by atoms with Crippen molar-refractivity contribution in [2.24, 2.45) is 0 Å². The molecule has 0 aliphatic carbocycles. The number of nitrogens with zero attached hydrogens (tertiary/aromatic N) is 2. The van der Waals surface area contributed by atoms with E-state index < -0.39 is 10.9 Å². The molecular formula is C13H13N3O4S. The van der Waals surface area contributed by atoms with Crippen LogP contribution in [0.4, 0.5) is 11.4 Å². The average Bonchev–Trinajstić information content (AvgIpc) is 2.99. The van der Waals surface area contributed by atoms with Gasteiger partial charge in [0.25, 0.3) is 5.69 Å². The highest BCUT2D eigenvalue weighted by Gasteiger charge is 2.16. The number of nitrogens with one attached hydrogen (secondary N) is 1. The van der Waals surface area contributed by atoms with Gasteiger partial charge in [0.1, 0.15) is 5.69 Å². The lowest BCUT2D eigenvalue weighted by atomic mass is 10.1. The van der Waals surface area contributed by atoms with Gasteiger partial charge in [-0.1, -0.05) is 0 Å². The van der Waals surface area contributed by atoms with Gasteiger partial charge in [0.15, 0.2) is 0 Å². The lowest BCUT2D eigenvalue weighted by molar-refractivity contribution is -0.384. The molecule has 1 aromatic heterocycles. The second-order valence-electron chi connectivity index (χ2n) is 4.08. The second-order valence-corrected chi connectivity index (χ2v) is 5.06. The van der Waals surface area contributed by atoms with Crippen LogP contribution in [-0.4, -0.2) is 29.5 Å². The summed E-state index contributed by atoms with van der Waals surface area (Å²) in [6, 6.07) is 4.08. The maximum atomic E-state index is 11.5. The zero-order valence-electron chi connectivity index (χ0n) is 11.2. The topological polar surface area (TPSA) is 94.4 Å². The van der Waals surface area contributed by atoms with Gasteiger partial charge < -0.3 is 10.1 Å². The number of benzene rings is 1. The molecule has 110 valence electrons. The average molecular weight is 307 g/mol. The van der Waals surface area contributed by atoms with Crippen LogP contribution in [0.25, 0.3) is 0 Å². The Labute approximate surface area is 124 Å². The molecule has 2 aromatic rings. The predicted octanol–water partition coefficient (Wildman–Crippen LogP) is 2.49. The predicted molar refractivity (Wildman–Crippen MR) is 78.7 cm³/mol. The number of nitro benzene ring substituents is 1. The maximum Gasteiger partial charge on any atom is 0.337 e. The van der Waals surface area contributed by atoms with Crippen LogP contribution in [0.5, 0.6) is 0 Å². The monoisotopic (exact) mass is 307 g/mol. The molecule has 0 aliphatic rings. The van der Waals surface area contributed by atoms with Gasteiger partial charge in [-0.25, -0.2) is 9.78 Å². The normalized spacial score (nSPS) is 10.1. The van der Waals surface area contributed by atoms with Crippen LogP contribution in [-0.2, 0) is 11.2 Å². The number of thiazole rings is 1. The fraction of sp³-hybridized carbons (Fsp3) is 0.231. The molecule has 0 saturated carbocycles. The number of esters is 1. The van der Waals surface area contributed by atoms with Crippen LogP contribution in [0.3, 0.4) is 0 Å². The third kappa shape index (κ3) is 3.76. The van der Waals surface area contributed by atoms with Gasteiger partial charge in [0, 0.05) is 30.6 Å². The Morgan fingerprint density at radius 2 is 2.33 bits per heavy atom. The summed E-state index contributed by atoms with van der Waals surface area (Å²) in [7, 11) is 1.26. The van der Waals surface area contributed by atoms with E-state index in [4.69, 9.17) is 0 Å². The third-order valence-corrected chi connectivity index (χ3v) is 3.59. The SMILES string of the molecule is COC(=O)c1ccc([N+](=O)[O-])c(NCCc2nccs2)c1. The van der Waals surface area contributed by atoms with Crippen LogP contribution in [0.1, 0.15) is 15.4 Å². The minimum absolute atomic E-state index is 0.0817. The molecule has 1 aromatic carbocycles. The van der Waals surface area contributed by atoms with E-state index in [1.807, 2.05) is 5.38 Å². The standard InChI is InChI=1S/C13H13N3O4S/c1-20-13(17)9-2-3-11(16(18)19)10(8-9)14-5-4-12-15-6-7-21-12/h2-3,6-8,14H,4-5H2,1H3. The lowest BCUT2D eigenvalue weighted by Gasteiger charge is -2.08. The van der Waals surface area contributed by atoms with Crippen molar-refractivity contribution in [1.82, 2.24) is 4.98 Å². The number of ether oxygens (including phenoxy) is 1. The van der Waals surface area contributed by atoms with Gasteiger partial charge in [-0.2, -0.15) is 0 Å². The molecule has 8 heteroatoms. The number of carbonyl (C=O) groups excluding carboxylic acids is 1. The molecule has 0 aliphatic heterocycles. The van der Waals surface area contributed by atoms with Gasteiger partial charge in [0.2, 0.25) is 0 Å². The summed E-state index contributed by atoms with van der Waals surface area (Å²) < 4.78 is 4.61. The van der Waals surface area contributed by atoms with Crippen LogP contribution >= 0.6 is 11.3 Å². The summed E-state index contributed by atoms with van der Waals surface area (Å²) >= 11 is 1.52. The first-order valence-electron chi connectivity index (χ1n) is 6.11. The van der Waals surface area contributed by atoms with Crippen molar-refractivity contribution in [3.05, 3.63) is 50.5 Å². The highest BCUT2D eigenvalue weighted by atomic mass is 32.1. The highest BCUT2D eigenvalue weighted by Crippen LogP contribution is 2.25. The molecule has 0 fully saturated rings. The highest BCUT2D eigenvalue weighted by molar-refractivity contribution is 7.09. The molecule has 7 nitrogen and oxygen atoms in total. The third-order valence-electron chi connectivity index (χ3n) is 2.75. The van der Waals surface area contributed by atoms with E-state index in [1.54, 1.807) is 6.20 Å². The minimum Gasteiger partial charge on any atom is -0.465 e. The molecule has 0 amide bonds. The Morgan fingerprint density at radius 3 is 2.95 bits per heavy atom. The van der Waals surface area contributed by atoms with Gasteiger partial charge in [-0.3, -0.25) is 10.1 Å². The number of anilines is 1. The number of hydrogen-bond acceptors (Lipinski definition) is 7. The van der Waals surface area contributed by atoms with Crippen molar-refractivity contribution in [2.45, 2.75) is 6.42 Å². The van der Waals surface area contributed by atoms with Gasteiger partial charge in [-0.05, 0) is 12.1 Å². The molecule has 0 atom stereocenters. The summed E-state index contributed by atoms with van der Waals surface area (Å²) in [6.45, 7) is 0.485. The molecule has 0 spiro atoms.